The summed E-state index contributed by atoms with van der Waals surface area (Å²) in [6.07, 6.45) is 0. The highest BCUT2D eigenvalue weighted by Crippen LogP contribution is 2.32. The van der Waals surface area contributed by atoms with E-state index in [4.69, 9.17) is 20.8 Å². The third-order valence-corrected chi connectivity index (χ3v) is 5.76. The van der Waals surface area contributed by atoms with Crippen molar-refractivity contribution in [2.45, 2.75) is 10.6 Å². The number of ether oxygens (including phenoxy) is 1. The van der Waals surface area contributed by atoms with E-state index < -0.39 is 18.5 Å². The van der Waals surface area contributed by atoms with Crippen LogP contribution in [0.5, 0.6) is 0 Å². The summed E-state index contributed by atoms with van der Waals surface area (Å²) in [5.41, 5.74) is 1.95. The largest absolute Gasteiger partial charge is 0.450 e. The van der Waals surface area contributed by atoms with Gasteiger partial charge >= 0.3 is 5.97 Å². The van der Waals surface area contributed by atoms with Crippen LogP contribution < -0.4 is 5.32 Å². The van der Waals surface area contributed by atoms with Gasteiger partial charge in [0.15, 0.2) is 6.61 Å². The lowest BCUT2D eigenvalue weighted by molar-refractivity contribution is -0.119. The van der Waals surface area contributed by atoms with Gasteiger partial charge in [-0.15, -0.1) is 11.8 Å². The first-order valence-corrected chi connectivity index (χ1v) is 10.9. The molecule has 1 heterocycles. The van der Waals surface area contributed by atoms with Crippen LogP contribution in [-0.4, -0.2) is 18.5 Å². The summed E-state index contributed by atoms with van der Waals surface area (Å²) >= 11 is 7.50. The maximum absolute atomic E-state index is 12.7. The monoisotopic (exact) mass is 451 g/mol. The molecule has 0 saturated heterocycles. The molecule has 0 aliphatic heterocycles. The molecule has 7 heteroatoms. The van der Waals surface area contributed by atoms with E-state index in [1.807, 2.05) is 48.5 Å². The Kier molecular flexibility index (Phi) is 6.60. The van der Waals surface area contributed by atoms with Gasteiger partial charge in [-0.1, -0.05) is 48.0 Å². The van der Waals surface area contributed by atoms with E-state index in [9.17, 15) is 9.59 Å². The van der Waals surface area contributed by atoms with E-state index in [0.717, 1.165) is 15.8 Å². The lowest BCUT2D eigenvalue weighted by Crippen LogP contribution is -2.21. The molecule has 4 rings (SSSR count). The van der Waals surface area contributed by atoms with Crippen molar-refractivity contribution in [3.05, 3.63) is 95.2 Å². The first-order valence-electron chi connectivity index (χ1n) is 9.51. The molecule has 3 aromatic carbocycles. The Bertz CT molecular complexity index is 1210. The van der Waals surface area contributed by atoms with E-state index in [1.165, 1.54) is 0 Å². The highest BCUT2D eigenvalue weighted by Gasteiger charge is 2.22. The molecule has 0 aliphatic rings. The Hall–Kier alpha value is -3.22. The number of benzene rings is 3. The summed E-state index contributed by atoms with van der Waals surface area (Å²) in [5, 5.41) is 4.18. The van der Waals surface area contributed by atoms with Crippen LogP contribution in [0.4, 0.5) is 5.69 Å². The standard InChI is InChI=1S/C24H18ClNO4S/c25-16-10-12-18(13-11-16)31-15-20-19-8-4-5-9-21(19)30-23(20)24(28)29-14-22(27)26-17-6-2-1-3-7-17/h1-13H,14-15H2,(H,26,27). The molecule has 0 saturated carbocycles. The van der Waals surface area contributed by atoms with Crippen LogP contribution in [0.2, 0.25) is 5.02 Å². The number of furan rings is 1. The lowest BCUT2D eigenvalue weighted by atomic mass is 10.1. The van der Waals surface area contributed by atoms with Crippen LogP contribution in [0.3, 0.4) is 0 Å². The van der Waals surface area contributed by atoms with Crippen molar-refractivity contribution in [3.8, 4) is 0 Å². The quantitative estimate of drug-likeness (QED) is 0.268. The van der Waals surface area contributed by atoms with Gasteiger partial charge in [0, 0.05) is 32.3 Å². The molecule has 0 atom stereocenters. The number of hydrogen-bond acceptors (Lipinski definition) is 5. The summed E-state index contributed by atoms with van der Waals surface area (Å²) in [6.45, 7) is -0.408. The number of esters is 1. The topological polar surface area (TPSA) is 68.5 Å². The summed E-state index contributed by atoms with van der Waals surface area (Å²) in [6, 6.07) is 23.9. The maximum atomic E-state index is 12.7. The fourth-order valence-electron chi connectivity index (χ4n) is 3.01. The number of carbonyl (C=O) groups is 2. The van der Waals surface area contributed by atoms with Crippen molar-refractivity contribution in [3.63, 3.8) is 0 Å². The van der Waals surface area contributed by atoms with Crippen molar-refractivity contribution in [1.29, 1.82) is 0 Å². The van der Waals surface area contributed by atoms with Crippen LogP contribution in [0, 0.1) is 0 Å². The smallest absolute Gasteiger partial charge is 0.375 e. The number of hydrogen-bond donors (Lipinski definition) is 1. The minimum absolute atomic E-state index is 0.107. The third-order valence-electron chi connectivity index (χ3n) is 4.47. The Morgan fingerprint density at radius 1 is 0.935 bits per heavy atom. The first-order chi connectivity index (χ1) is 15.1. The Labute approximate surface area is 188 Å². The SMILES string of the molecule is O=C(COC(=O)c1oc2ccccc2c1CSc1ccc(Cl)cc1)Nc1ccccc1. The second-order valence-corrected chi connectivity index (χ2v) is 8.12. The van der Waals surface area contributed by atoms with Crippen LogP contribution in [0.15, 0.2) is 88.2 Å². The molecule has 5 nitrogen and oxygen atoms in total. The number of fused-ring (bicyclic) bond motifs is 1. The van der Waals surface area contributed by atoms with Gasteiger partial charge in [0.1, 0.15) is 5.58 Å². The molecule has 0 unspecified atom stereocenters. The van der Waals surface area contributed by atoms with Crippen molar-refractivity contribution in [1.82, 2.24) is 0 Å². The van der Waals surface area contributed by atoms with Crippen LogP contribution in [0.1, 0.15) is 16.1 Å². The van der Waals surface area contributed by atoms with Crippen LogP contribution >= 0.6 is 23.4 Å². The number of halogens is 1. The van der Waals surface area contributed by atoms with Gasteiger partial charge in [-0.05, 0) is 42.5 Å². The average Bonchev–Trinajstić information content (AvgIpc) is 3.16. The fraction of sp³-hybridized carbons (Fsp3) is 0.0833. The van der Waals surface area contributed by atoms with Gasteiger partial charge in [0.05, 0.1) is 0 Å². The van der Waals surface area contributed by atoms with Crippen LogP contribution in [-0.2, 0) is 15.3 Å². The molecule has 31 heavy (non-hydrogen) atoms. The molecule has 0 aliphatic carbocycles. The number of anilines is 1. The molecular formula is C24H18ClNO4S. The van der Waals surface area contributed by atoms with E-state index in [2.05, 4.69) is 5.32 Å². The van der Waals surface area contributed by atoms with Gasteiger partial charge < -0.3 is 14.5 Å². The van der Waals surface area contributed by atoms with Gasteiger partial charge in [0.25, 0.3) is 5.91 Å². The van der Waals surface area contributed by atoms with Crippen LogP contribution in [0.25, 0.3) is 11.0 Å². The predicted octanol–water partition coefficient (Wildman–Crippen LogP) is 6.17. The molecule has 1 amide bonds. The minimum atomic E-state index is -0.675. The van der Waals surface area contributed by atoms with Crippen molar-refractivity contribution >= 4 is 51.9 Å². The molecule has 0 spiro atoms. The summed E-state index contributed by atoms with van der Waals surface area (Å²) in [7, 11) is 0. The maximum Gasteiger partial charge on any atom is 0.375 e. The summed E-state index contributed by atoms with van der Waals surface area (Å²) in [4.78, 5) is 25.8. The molecule has 1 N–H and O–H groups in total. The zero-order valence-electron chi connectivity index (χ0n) is 16.3. The molecular weight excluding hydrogens is 434 g/mol. The third kappa shape index (κ3) is 5.29. The van der Waals surface area contributed by atoms with Crippen molar-refractivity contribution in [2.75, 3.05) is 11.9 Å². The van der Waals surface area contributed by atoms with Gasteiger partial charge in [-0.2, -0.15) is 0 Å². The average molecular weight is 452 g/mol. The molecule has 4 aromatic rings. The molecule has 156 valence electrons. The Morgan fingerprint density at radius 3 is 2.42 bits per heavy atom. The van der Waals surface area contributed by atoms with Gasteiger partial charge in [-0.3, -0.25) is 4.79 Å². The second-order valence-electron chi connectivity index (χ2n) is 6.64. The zero-order valence-corrected chi connectivity index (χ0v) is 17.9. The number of rotatable bonds is 7. The van der Waals surface area contributed by atoms with E-state index in [-0.39, 0.29) is 5.76 Å². The van der Waals surface area contributed by atoms with Crippen molar-refractivity contribution in [2.24, 2.45) is 0 Å². The number of nitrogens with one attached hydrogen (secondary N) is 1. The normalized spacial score (nSPS) is 10.7. The fourth-order valence-corrected chi connectivity index (χ4v) is 4.06. The van der Waals surface area contributed by atoms with Gasteiger partial charge in [-0.25, -0.2) is 4.79 Å². The number of para-hydroxylation sites is 2. The molecule has 0 radical (unpaired) electrons. The number of carbonyl (C=O) groups excluding carboxylic acids is 2. The predicted molar refractivity (Wildman–Crippen MR) is 123 cm³/mol. The summed E-state index contributed by atoms with van der Waals surface area (Å²) < 4.78 is 11.0. The highest BCUT2D eigenvalue weighted by molar-refractivity contribution is 7.98. The minimum Gasteiger partial charge on any atom is -0.450 e. The van der Waals surface area contributed by atoms with E-state index in [0.29, 0.717) is 22.0 Å². The lowest BCUT2D eigenvalue weighted by Gasteiger charge is -2.07. The molecule has 0 fully saturated rings. The number of thioether (sulfide) groups is 1. The van der Waals surface area contributed by atoms with Crippen molar-refractivity contribution < 1.29 is 18.7 Å². The molecule has 1 aromatic heterocycles. The summed E-state index contributed by atoms with van der Waals surface area (Å²) in [5.74, 6) is -0.492. The Morgan fingerprint density at radius 2 is 1.65 bits per heavy atom. The highest BCUT2D eigenvalue weighted by atomic mass is 35.5. The zero-order chi connectivity index (χ0) is 21.6. The second kappa shape index (κ2) is 9.73. The van der Waals surface area contributed by atoms with E-state index in [1.54, 1.807) is 42.1 Å². The Balaban J connectivity index is 1.48. The first kappa shape index (κ1) is 21.0. The number of amides is 1. The molecule has 0 bridgehead atoms. The van der Waals surface area contributed by atoms with Gasteiger partial charge in [0.2, 0.25) is 5.76 Å². The van der Waals surface area contributed by atoms with E-state index >= 15 is 0 Å².